The second-order valence-corrected chi connectivity index (χ2v) is 5.92. The number of rotatable bonds is 5. The summed E-state index contributed by atoms with van der Waals surface area (Å²) in [4.78, 5) is 0. The first-order valence-corrected chi connectivity index (χ1v) is 7.01. The second-order valence-electron chi connectivity index (χ2n) is 3.83. The normalized spacial score (nSPS) is 18.9. The van der Waals surface area contributed by atoms with E-state index in [-0.39, 0.29) is 5.75 Å². The molecule has 0 aromatic heterocycles. The lowest BCUT2D eigenvalue weighted by Crippen LogP contribution is -2.38. The SMILES string of the molecule is CCNCCS(=O)(=O)N1CC=C(C)CC1. The lowest BCUT2D eigenvalue weighted by atomic mass is 10.1. The summed E-state index contributed by atoms with van der Waals surface area (Å²) in [6, 6.07) is 0. The number of nitrogens with zero attached hydrogens (tertiary/aromatic N) is 1. The molecule has 0 saturated carbocycles. The van der Waals surface area contributed by atoms with Gasteiger partial charge < -0.3 is 5.32 Å². The molecule has 15 heavy (non-hydrogen) atoms. The molecular formula is C10H20N2O2S. The van der Waals surface area contributed by atoms with Crippen LogP contribution in [-0.4, -0.2) is 44.7 Å². The average Bonchev–Trinajstić information content (AvgIpc) is 2.18. The Balaban J connectivity index is 2.48. The molecule has 0 atom stereocenters. The Morgan fingerprint density at radius 3 is 2.80 bits per heavy atom. The summed E-state index contributed by atoms with van der Waals surface area (Å²) in [5.74, 6) is 0.202. The Morgan fingerprint density at radius 2 is 2.27 bits per heavy atom. The van der Waals surface area contributed by atoms with Gasteiger partial charge in [0.2, 0.25) is 10.0 Å². The molecule has 0 aromatic rings. The van der Waals surface area contributed by atoms with E-state index in [0.29, 0.717) is 19.6 Å². The van der Waals surface area contributed by atoms with E-state index in [4.69, 9.17) is 0 Å². The van der Waals surface area contributed by atoms with Crippen molar-refractivity contribution in [3.05, 3.63) is 11.6 Å². The molecule has 1 aliphatic heterocycles. The van der Waals surface area contributed by atoms with Crippen LogP contribution in [0.25, 0.3) is 0 Å². The van der Waals surface area contributed by atoms with E-state index in [9.17, 15) is 8.42 Å². The van der Waals surface area contributed by atoms with E-state index < -0.39 is 10.0 Å². The highest BCUT2D eigenvalue weighted by atomic mass is 32.2. The van der Waals surface area contributed by atoms with Crippen LogP contribution in [0.15, 0.2) is 11.6 Å². The summed E-state index contributed by atoms with van der Waals surface area (Å²) in [5, 5.41) is 3.03. The lowest BCUT2D eigenvalue weighted by Gasteiger charge is -2.24. The molecule has 0 bridgehead atoms. The molecule has 1 rings (SSSR count). The van der Waals surface area contributed by atoms with Gasteiger partial charge in [0.05, 0.1) is 5.75 Å². The molecule has 0 radical (unpaired) electrons. The molecule has 1 heterocycles. The molecular weight excluding hydrogens is 212 g/mol. The van der Waals surface area contributed by atoms with Crippen LogP contribution in [0.1, 0.15) is 20.3 Å². The van der Waals surface area contributed by atoms with Crippen molar-refractivity contribution in [2.45, 2.75) is 20.3 Å². The highest BCUT2D eigenvalue weighted by Gasteiger charge is 2.22. The Bertz CT molecular complexity index is 322. The van der Waals surface area contributed by atoms with Gasteiger partial charge in [-0.1, -0.05) is 18.6 Å². The van der Waals surface area contributed by atoms with Crippen LogP contribution in [-0.2, 0) is 10.0 Å². The van der Waals surface area contributed by atoms with E-state index in [1.54, 1.807) is 4.31 Å². The number of hydrogen-bond donors (Lipinski definition) is 1. The van der Waals surface area contributed by atoms with E-state index in [2.05, 4.69) is 5.32 Å². The minimum absolute atomic E-state index is 0.202. The number of hydrogen-bond acceptors (Lipinski definition) is 3. The third-order valence-corrected chi connectivity index (χ3v) is 4.42. The van der Waals surface area contributed by atoms with Crippen molar-refractivity contribution < 1.29 is 8.42 Å². The predicted molar refractivity (Wildman–Crippen MR) is 62.3 cm³/mol. The fraction of sp³-hybridized carbons (Fsp3) is 0.800. The van der Waals surface area contributed by atoms with Gasteiger partial charge >= 0.3 is 0 Å². The highest BCUT2D eigenvalue weighted by molar-refractivity contribution is 7.89. The van der Waals surface area contributed by atoms with Gasteiger partial charge in [-0.3, -0.25) is 0 Å². The quantitative estimate of drug-likeness (QED) is 0.557. The third-order valence-electron chi connectivity index (χ3n) is 2.58. The maximum atomic E-state index is 11.8. The van der Waals surface area contributed by atoms with E-state index in [1.807, 2.05) is 19.9 Å². The predicted octanol–water partition coefficient (Wildman–Crippen LogP) is 0.578. The highest BCUT2D eigenvalue weighted by Crippen LogP contribution is 2.13. The van der Waals surface area contributed by atoms with Crippen molar-refractivity contribution in [2.75, 3.05) is 31.9 Å². The van der Waals surface area contributed by atoms with E-state index >= 15 is 0 Å². The summed E-state index contributed by atoms with van der Waals surface area (Å²) >= 11 is 0. The minimum Gasteiger partial charge on any atom is -0.316 e. The molecule has 0 fully saturated rings. The molecule has 0 spiro atoms. The standard InChI is InChI=1S/C10H20N2O2S/c1-3-11-6-9-15(13,14)12-7-4-10(2)5-8-12/h4,11H,3,5-9H2,1-2H3. The van der Waals surface area contributed by atoms with Crippen LogP contribution >= 0.6 is 0 Å². The van der Waals surface area contributed by atoms with Crippen molar-refractivity contribution in [2.24, 2.45) is 0 Å². The van der Waals surface area contributed by atoms with Gasteiger partial charge in [0.15, 0.2) is 0 Å². The molecule has 88 valence electrons. The second kappa shape index (κ2) is 5.63. The average molecular weight is 232 g/mol. The van der Waals surface area contributed by atoms with Gasteiger partial charge in [0.25, 0.3) is 0 Å². The Labute approximate surface area is 92.4 Å². The molecule has 0 amide bonds. The first kappa shape index (κ1) is 12.7. The van der Waals surface area contributed by atoms with Crippen LogP contribution in [0.3, 0.4) is 0 Å². The van der Waals surface area contributed by atoms with Gasteiger partial charge in [0.1, 0.15) is 0 Å². The topological polar surface area (TPSA) is 49.4 Å². The van der Waals surface area contributed by atoms with Crippen molar-refractivity contribution in [1.82, 2.24) is 9.62 Å². The zero-order valence-corrected chi connectivity index (χ0v) is 10.3. The molecule has 0 aliphatic carbocycles. The first-order chi connectivity index (χ1) is 7.06. The molecule has 0 unspecified atom stereocenters. The first-order valence-electron chi connectivity index (χ1n) is 5.40. The van der Waals surface area contributed by atoms with Crippen LogP contribution in [0.2, 0.25) is 0 Å². The molecule has 0 saturated heterocycles. The smallest absolute Gasteiger partial charge is 0.215 e. The fourth-order valence-corrected chi connectivity index (χ4v) is 2.84. The van der Waals surface area contributed by atoms with E-state index in [0.717, 1.165) is 13.0 Å². The monoisotopic (exact) mass is 232 g/mol. The summed E-state index contributed by atoms with van der Waals surface area (Å²) in [6.07, 6.45) is 2.86. The lowest BCUT2D eigenvalue weighted by molar-refractivity contribution is 0.430. The molecule has 4 nitrogen and oxygen atoms in total. The summed E-state index contributed by atoms with van der Waals surface area (Å²) in [5.41, 5.74) is 1.29. The summed E-state index contributed by atoms with van der Waals surface area (Å²) in [6.45, 7) is 6.55. The third kappa shape index (κ3) is 3.93. The summed E-state index contributed by atoms with van der Waals surface area (Å²) < 4.78 is 25.2. The van der Waals surface area contributed by atoms with E-state index in [1.165, 1.54) is 5.57 Å². The van der Waals surface area contributed by atoms with Crippen molar-refractivity contribution in [3.8, 4) is 0 Å². The van der Waals surface area contributed by atoms with Gasteiger partial charge in [-0.25, -0.2) is 8.42 Å². The van der Waals surface area contributed by atoms with Crippen molar-refractivity contribution >= 4 is 10.0 Å². The Kier molecular flexibility index (Phi) is 4.76. The minimum atomic E-state index is -3.05. The largest absolute Gasteiger partial charge is 0.316 e. The van der Waals surface area contributed by atoms with Crippen LogP contribution in [0.5, 0.6) is 0 Å². The van der Waals surface area contributed by atoms with Crippen LogP contribution < -0.4 is 5.32 Å². The zero-order valence-electron chi connectivity index (χ0n) is 9.49. The Morgan fingerprint density at radius 1 is 1.53 bits per heavy atom. The summed E-state index contributed by atoms with van der Waals surface area (Å²) in [7, 11) is -3.05. The zero-order chi connectivity index (χ0) is 11.3. The molecule has 1 N–H and O–H groups in total. The van der Waals surface area contributed by atoms with Crippen molar-refractivity contribution in [1.29, 1.82) is 0 Å². The van der Waals surface area contributed by atoms with Gasteiger partial charge in [0, 0.05) is 19.6 Å². The molecule has 1 aliphatic rings. The maximum absolute atomic E-state index is 11.8. The van der Waals surface area contributed by atoms with Gasteiger partial charge in [-0.2, -0.15) is 4.31 Å². The fourth-order valence-electron chi connectivity index (χ4n) is 1.51. The number of nitrogens with one attached hydrogen (secondary N) is 1. The van der Waals surface area contributed by atoms with Crippen LogP contribution in [0, 0.1) is 0 Å². The van der Waals surface area contributed by atoms with Gasteiger partial charge in [-0.05, 0) is 19.9 Å². The molecule has 5 heteroatoms. The molecule has 0 aromatic carbocycles. The van der Waals surface area contributed by atoms with Crippen molar-refractivity contribution in [3.63, 3.8) is 0 Å². The maximum Gasteiger partial charge on any atom is 0.215 e. The number of sulfonamides is 1. The van der Waals surface area contributed by atoms with Crippen LogP contribution in [0.4, 0.5) is 0 Å². The van der Waals surface area contributed by atoms with Gasteiger partial charge in [-0.15, -0.1) is 0 Å². The Hall–Kier alpha value is -0.390.